The van der Waals surface area contributed by atoms with Crippen molar-refractivity contribution >= 4 is 17.3 Å². The Morgan fingerprint density at radius 3 is 2.45 bits per heavy atom. The van der Waals surface area contributed by atoms with Gasteiger partial charge < -0.3 is 15.0 Å². The number of imidazole rings is 1. The van der Waals surface area contributed by atoms with Gasteiger partial charge in [-0.2, -0.15) is 0 Å². The first-order chi connectivity index (χ1) is 21.2. The van der Waals surface area contributed by atoms with Crippen molar-refractivity contribution < 1.29 is 27.5 Å². The number of fused-ring (bicyclic) bond motifs is 1. The standard InChI is InChI=1S/C33H30F3N5O3/c1-40(2)11-3-13-44-32-9-6-24(19-38-32)22-10-12-41-29(20-37-31(41)17-22)30(42)16-25-15-23(5-8-26(25)34)33(43)39-18-21-4-7-27(35)28(36)14-21/h4-10,12,14-15,17,19-20H,3,11,13,16,18H2,1-2H3,(H,39,43). The second-order valence-electron chi connectivity index (χ2n) is 10.5. The maximum atomic E-state index is 14.7. The van der Waals surface area contributed by atoms with Crippen molar-refractivity contribution in [3.8, 4) is 17.0 Å². The van der Waals surface area contributed by atoms with E-state index in [1.54, 1.807) is 22.9 Å². The molecule has 1 N–H and O–H groups in total. The number of aromatic nitrogens is 3. The molecule has 8 nitrogen and oxygen atoms in total. The molecule has 3 aromatic heterocycles. The molecule has 0 saturated carbocycles. The van der Waals surface area contributed by atoms with Gasteiger partial charge in [0.15, 0.2) is 17.4 Å². The van der Waals surface area contributed by atoms with Gasteiger partial charge >= 0.3 is 0 Å². The SMILES string of the molecule is CN(C)CCCOc1ccc(-c2ccn3c(C(=O)Cc4cc(C(=O)NCc5ccc(F)c(F)c5)ccc4F)cnc3c2)cn1. The molecule has 226 valence electrons. The summed E-state index contributed by atoms with van der Waals surface area (Å²) in [7, 11) is 4.02. The first kappa shape index (κ1) is 30.4. The molecule has 0 atom stereocenters. The van der Waals surface area contributed by atoms with Gasteiger partial charge in [0.1, 0.15) is 17.2 Å². The van der Waals surface area contributed by atoms with Gasteiger partial charge in [-0.05, 0) is 85.7 Å². The number of carbonyl (C=O) groups excluding carboxylic acids is 2. The molecule has 0 bridgehead atoms. The van der Waals surface area contributed by atoms with Crippen molar-refractivity contribution in [3.05, 3.63) is 119 Å². The molecule has 0 aliphatic carbocycles. The van der Waals surface area contributed by atoms with Crippen LogP contribution in [0.15, 0.2) is 79.3 Å². The Kier molecular flexibility index (Phi) is 9.35. The van der Waals surface area contributed by atoms with E-state index in [0.29, 0.717) is 23.7 Å². The van der Waals surface area contributed by atoms with E-state index in [1.807, 2.05) is 32.3 Å². The monoisotopic (exact) mass is 601 g/mol. The highest BCUT2D eigenvalue weighted by atomic mass is 19.2. The number of nitrogens with zero attached hydrogens (tertiary/aromatic N) is 4. The van der Waals surface area contributed by atoms with Gasteiger partial charge in [-0.15, -0.1) is 0 Å². The Hall–Kier alpha value is -5.03. The number of halogens is 3. The van der Waals surface area contributed by atoms with Gasteiger partial charge in [-0.3, -0.25) is 14.0 Å². The summed E-state index contributed by atoms with van der Waals surface area (Å²) in [6.45, 7) is 1.44. The fraction of sp³-hybridized carbons (Fsp3) is 0.212. The van der Waals surface area contributed by atoms with E-state index in [1.165, 1.54) is 24.4 Å². The molecule has 0 aliphatic rings. The van der Waals surface area contributed by atoms with Gasteiger partial charge in [0.25, 0.3) is 5.91 Å². The molecule has 2 aromatic carbocycles. The molecular formula is C33H30F3N5O3. The number of ketones is 1. The molecule has 1 amide bonds. The molecule has 0 spiro atoms. The van der Waals surface area contributed by atoms with Crippen LogP contribution in [-0.4, -0.2) is 58.2 Å². The summed E-state index contributed by atoms with van der Waals surface area (Å²) in [5.41, 5.74) is 3.02. The van der Waals surface area contributed by atoms with Crippen LogP contribution in [0.2, 0.25) is 0 Å². The lowest BCUT2D eigenvalue weighted by molar-refractivity contribution is 0.0947. The van der Waals surface area contributed by atoms with E-state index in [2.05, 4.69) is 20.2 Å². The molecule has 11 heteroatoms. The van der Waals surface area contributed by atoms with Crippen molar-refractivity contribution in [1.82, 2.24) is 24.6 Å². The second kappa shape index (κ2) is 13.5. The minimum absolute atomic E-state index is 0.0390. The predicted octanol–water partition coefficient (Wildman–Crippen LogP) is 5.50. The molecule has 0 unspecified atom stereocenters. The topological polar surface area (TPSA) is 88.8 Å². The summed E-state index contributed by atoms with van der Waals surface area (Å²) in [5.74, 6) is -3.04. The van der Waals surface area contributed by atoms with Crippen LogP contribution in [0.4, 0.5) is 13.2 Å². The largest absolute Gasteiger partial charge is 0.478 e. The van der Waals surface area contributed by atoms with E-state index >= 15 is 0 Å². The number of hydrogen-bond donors (Lipinski definition) is 1. The van der Waals surface area contributed by atoms with E-state index in [-0.39, 0.29) is 35.6 Å². The van der Waals surface area contributed by atoms with Gasteiger partial charge in [0.05, 0.1) is 12.8 Å². The van der Waals surface area contributed by atoms with Crippen LogP contribution in [0.5, 0.6) is 5.88 Å². The highest BCUT2D eigenvalue weighted by molar-refractivity contribution is 5.98. The van der Waals surface area contributed by atoms with E-state index in [0.717, 1.165) is 42.3 Å². The zero-order chi connectivity index (χ0) is 31.2. The van der Waals surface area contributed by atoms with Crippen LogP contribution in [0.25, 0.3) is 16.8 Å². The molecule has 5 aromatic rings. The molecule has 3 heterocycles. The van der Waals surface area contributed by atoms with Crippen LogP contribution >= 0.6 is 0 Å². The molecule has 5 rings (SSSR count). The number of amides is 1. The average molecular weight is 602 g/mol. The maximum Gasteiger partial charge on any atom is 0.251 e. The van der Waals surface area contributed by atoms with E-state index in [4.69, 9.17) is 4.74 Å². The zero-order valence-corrected chi connectivity index (χ0v) is 24.2. The van der Waals surface area contributed by atoms with Gasteiger partial charge in [0.2, 0.25) is 5.88 Å². The van der Waals surface area contributed by atoms with Gasteiger partial charge in [0, 0.05) is 49.1 Å². The predicted molar refractivity (Wildman–Crippen MR) is 159 cm³/mol. The van der Waals surface area contributed by atoms with Gasteiger partial charge in [-0.25, -0.2) is 23.1 Å². The third-order valence-electron chi connectivity index (χ3n) is 6.96. The maximum absolute atomic E-state index is 14.7. The number of benzene rings is 2. The van der Waals surface area contributed by atoms with Crippen LogP contribution in [0, 0.1) is 17.5 Å². The number of hydrogen-bond acceptors (Lipinski definition) is 6. The quantitative estimate of drug-likeness (QED) is 0.150. The zero-order valence-electron chi connectivity index (χ0n) is 24.2. The number of ether oxygens (including phenoxy) is 1. The Labute approximate surface area is 252 Å². The highest BCUT2D eigenvalue weighted by Crippen LogP contribution is 2.23. The number of rotatable bonds is 12. The Bertz CT molecular complexity index is 1810. The first-order valence-corrected chi connectivity index (χ1v) is 13.9. The van der Waals surface area contributed by atoms with Crippen LogP contribution in [-0.2, 0) is 13.0 Å². The molecule has 44 heavy (non-hydrogen) atoms. The Morgan fingerprint density at radius 1 is 0.886 bits per heavy atom. The lowest BCUT2D eigenvalue weighted by Crippen LogP contribution is -2.23. The molecular weight excluding hydrogens is 571 g/mol. The average Bonchev–Trinajstić information content (AvgIpc) is 3.44. The number of Topliss-reactive ketones (excluding diaryl/α,β-unsaturated/α-hetero) is 1. The number of nitrogens with one attached hydrogen (secondary N) is 1. The normalized spacial score (nSPS) is 11.2. The highest BCUT2D eigenvalue weighted by Gasteiger charge is 2.18. The number of pyridine rings is 2. The van der Waals surface area contributed by atoms with Crippen LogP contribution in [0.1, 0.15) is 38.4 Å². The summed E-state index contributed by atoms with van der Waals surface area (Å²) < 4.78 is 48.6. The van der Waals surface area contributed by atoms with Crippen molar-refractivity contribution in [2.24, 2.45) is 0 Å². The third-order valence-corrected chi connectivity index (χ3v) is 6.96. The van der Waals surface area contributed by atoms with Crippen molar-refractivity contribution in [2.75, 3.05) is 27.2 Å². The van der Waals surface area contributed by atoms with Crippen molar-refractivity contribution in [2.45, 2.75) is 19.4 Å². The minimum Gasteiger partial charge on any atom is -0.478 e. The summed E-state index contributed by atoms with van der Waals surface area (Å²) in [6, 6.07) is 14.4. The van der Waals surface area contributed by atoms with Crippen LogP contribution < -0.4 is 10.1 Å². The van der Waals surface area contributed by atoms with Gasteiger partial charge in [-0.1, -0.05) is 6.07 Å². The summed E-state index contributed by atoms with van der Waals surface area (Å²) >= 11 is 0. The minimum atomic E-state index is -1.02. The van der Waals surface area contributed by atoms with E-state index < -0.39 is 23.4 Å². The molecule has 0 fully saturated rings. The molecule has 0 saturated heterocycles. The smallest absolute Gasteiger partial charge is 0.251 e. The lowest BCUT2D eigenvalue weighted by Gasteiger charge is -2.10. The third kappa shape index (κ3) is 7.30. The van der Waals surface area contributed by atoms with Crippen molar-refractivity contribution in [3.63, 3.8) is 0 Å². The number of carbonyl (C=O) groups is 2. The Balaban J connectivity index is 1.24. The van der Waals surface area contributed by atoms with Crippen LogP contribution in [0.3, 0.4) is 0 Å². The fourth-order valence-corrected chi connectivity index (χ4v) is 4.61. The summed E-state index contributed by atoms with van der Waals surface area (Å²) in [5, 5.41) is 2.59. The van der Waals surface area contributed by atoms with Crippen molar-refractivity contribution in [1.29, 1.82) is 0 Å². The second-order valence-corrected chi connectivity index (χ2v) is 10.5. The summed E-state index contributed by atoms with van der Waals surface area (Å²) in [6.07, 6.45) is 5.46. The fourth-order valence-electron chi connectivity index (χ4n) is 4.61. The molecule has 0 aliphatic heterocycles. The van der Waals surface area contributed by atoms with E-state index in [9.17, 15) is 22.8 Å². The first-order valence-electron chi connectivity index (χ1n) is 13.9. The molecule has 0 radical (unpaired) electrons. The summed E-state index contributed by atoms with van der Waals surface area (Å²) in [4.78, 5) is 36.7. The Morgan fingerprint density at radius 2 is 1.70 bits per heavy atom. The lowest BCUT2D eigenvalue weighted by atomic mass is 10.0.